The van der Waals surface area contributed by atoms with E-state index in [1.165, 1.54) is 0 Å². The maximum Gasteiger partial charge on any atom is 0.322 e. The van der Waals surface area contributed by atoms with Gasteiger partial charge in [0.1, 0.15) is 5.75 Å². The maximum absolute atomic E-state index is 12.8. The van der Waals surface area contributed by atoms with Gasteiger partial charge < -0.3 is 19.9 Å². The highest BCUT2D eigenvalue weighted by Gasteiger charge is 2.38. The summed E-state index contributed by atoms with van der Waals surface area (Å²) in [6.07, 6.45) is 1.98. The highest BCUT2D eigenvalue weighted by atomic mass is 35.5. The number of halogens is 1. The lowest BCUT2D eigenvalue weighted by molar-refractivity contribution is -0.129. The molecule has 130 valence electrons. The van der Waals surface area contributed by atoms with Crippen LogP contribution >= 0.6 is 11.6 Å². The first-order valence-electron chi connectivity index (χ1n) is 8.14. The van der Waals surface area contributed by atoms with Crippen LogP contribution in [0.2, 0.25) is 5.02 Å². The van der Waals surface area contributed by atoms with Crippen LogP contribution in [-0.2, 0) is 4.79 Å². The third-order valence-corrected chi connectivity index (χ3v) is 5.06. The standard InChI is InChI=1S/C17H22ClN3O3/c1-11(22)20-8-12-3-5-14(10-20)21(9-12)17(23)19-15-7-13(18)4-6-16(15)24-2/h4,6-7,12,14H,3,5,8-10H2,1-2H3,(H,19,23)/t12-,14+/m1/s1. The molecule has 2 bridgehead atoms. The summed E-state index contributed by atoms with van der Waals surface area (Å²) >= 11 is 6.02. The molecule has 3 aliphatic rings. The predicted octanol–water partition coefficient (Wildman–Crippen LogP) is 2.82. The molecule has 1 N–H and O–H groups in total. The van der Waals surface area contributed by atoms with Gasteiger partial charge in [-0.15, -0.1) is 0 Å². The molecular formula is C17H22ClN3O3. The van der Waals surface area contributed by atoms with E-state index in [0.29, 0.717) is 35.5 Å². The SMILES string of the molecule is COc1ccc(Cl)cc1NC(=O)N1C[C@@H]2CC[C@H]1CN(C(C)=O)C2. The summed E-state index contributed by atoms with van der Waals surface area (Å²) in [6, 6.07) is 5.00. The van der Waals surface area contributed by atoms with Gasteiger partial charge in [0, 0.05) is 31.6 Å². The van der Waals surface area contributed by atoms with E-state index in [2.05, 4.69) is 5.32 Å². The largest absolute Gasteiger partial charge is 0.495 e. The molecule has 3 fully saturated rings. The Balaban J connectivity index is 1.76. The molecule has 0 aromatic heterocycles. The lowest BCUT2D eigenvalue weighted by atomic mass is 9.95. The fourth-order valence-corrected chi connectivity index (χ4v) is 3.72. The van der Waals surface area contributed by atoms with Crippen molar-refractivity contribution >= 4 is 29.2 Å². The topological polar surface area (TPSA) is 61.9 Å². The summed E-state index contributed by atoms with van der Waals surface area (Å²) in [4.78, 5) is 28.2. The molecule has 3 saturated heterocycles. The fraction of sp³-hybridized carbons (Fsp3) is 0.529. The number of fused-ring (bicyclic) bond motifs is 4. The Labute approximate surface area is 146 Å². The smallest absolute Gasteiger partial charge is 0.322 e. The maximum atomic E-state index is 12.8. The van der Waals surface area contributed by atoms with Gasteiger partial charge in [-0.3, -0.25) is 4.79 Å². The van der Waals surface area contributed by atoms with Crippen molar-refractivity contribution < 1.29 is 14.3 Å². The van der Waals surface area contributed by atoms with Crippen LogP contribution in [0, 0.1) is 5.92 Å². The Kier molecular flexibility index (Phi) is 4.85. The van der Waals surface area contributed by atoms with Crippen molar-refractivity contribution in [1.82, 2.24) is 9.80 Å². The number of hydrogen-bond donors (Lipinski definition) is 1. The molecule has 0 radical (unpaired) electrons. The minimum Gasteiger partial charge on any atom is -0.495 e. The number of amides is 3. The van der Waals surface area contributed by atoms with Crippen LogP contribution in [0.1, 0.15) is 19.8 Å². The summed E-state index contributed by atoms with van der Waals surface area (Å²) in [6.45, 7) is 3.59. The monoisotopic (exact) mass is 351 g/mol. The number of benzene rings is 1. The minimum atomic E-state index is -0.171. The van der Waals surface area contributed by atoms with Crippen molar-refractivity contribution in [2.75, 3.05) is 32.1 Å². The first-order valence-corrected chi connectivity index (χ1v) is 8.52. The second kappa shape index (κ2) is 6.89. The molecule has 1 aromatic carbocycles. The molecule has 7 heteroatoms. The highest BCUT2D eigenvalue weighted by molar-refractivity contribution is 6.31. The van der Waals surface area contributed by atoms with Crippen molar-refractivity contribution in [3.63, 3.8) is 0 Å². The molecule has 24 heavy (non-hydrogen) atoms. The van der Waals surface area contributed by atoms with E-state index >= 15 is 0 Å². The number of urea groups is 1. The van der Waals surface area contributed by atoms with E-state index in [9.17, 15) is 9.59 Å². The Hall–Kier alpha value is -1.95. The number of ether oxygens (including phenoxy) is 1. The van der Waals surface area contributed by atoms with E-state index in [1.54, 1.807) is 32.2 Å². The summed E-state index contributed by atoms with van der Waals surface area (Å²) in [7, 11) is 1.55. The molecule has 3 heterocycles. The molecule has 6 nitrogen and oxygen atoms in total. The van der Waals surface area contributed by atoms with Crippen LogP contribution in [-0.4, -0.2) is 54.5 Å². The second-order valence-corrected chi connectivity index (χ2v) is 6.88. The Morgan fingerprint density at radius 1 is 1.25 bits per heavy atom. The van der Waals surface area contributed by atoms with E-state index in [0.717, 1.165) is 19.4 Å². The molecule has 0 unspecified atom stereocenters. The number of piperidine rings is 1. The molecule has 4 rings (SSSR count). The number of rotatable bonds is 2. The number of carbonyl (C=O) groups excluding carboxylic acids is 2. The van der Waals surface area contributed by atoms with Crippen molar-refractivity contribution in [2.45, 2.75) is 25.8 Å². The van der Waals surface area contributed by atoms with Gasteiger partial charge in [0.05, 0.1) is 18.8 Å². The number of carbonyl (C=O) groups is 2. The van der Waals surface area contributed by atoms with Crippen LogP contribution in [0.25, 0.3) is 0 Å². The van der Waals surface area contributed by atoms with Crippen molar-refractivity contribution in [2.24, 2.45) is 5.92 Å². The van der Waals surface area contributed by atoms with E-state index in [-0.39, 0.29) is 18.0 Å². The molecule has 0 saturated carbocycles. The molecule has 3 amide bonds. The zero-order chi connectivity index (χ0) is 17.3. The van der Waals surface area contributed by atoms with Crippen LogP contribution in [0.4, 0.5) is 10.5 Å². The van der Waals surface area contributed by atoms with E-state index < -0.39 is 0 Å². The first kappa shape index (κ1) is 16.9. The van der Waals surface area contributed by atoms with Gasteiger partial charge in [0.15, 0.2) is 0 Å². The molecule has 0 aliphatic carbocycles. The summed E-state index contributed by atoms with van der Waals surface area (Å²) in [5.74, 6) is 0.975. The molecule has 1 aromatic rings. The van der Waals surface area contributed by atoms with E-state index in [4.69, 9.17) is 16.3 Å². The minimum absolute atomic E-state index is 0.0535. The summed E-state index contributed by atoms with van der Waals surface area (Å²) in [5, 5.41) is 3.44. The van der Waals surface area contributed by atoms with Crippen LogP contribution in [0.3, 0.4) is 0 Å². The van der Waals surface area contributed by atoms with Gasteiger partial charge in [0.2, 0.25) is 5.91 Å². The summed E-state index contributed by atoms with van der Waals surface area (Å²) < 4.78 is 5.28. The number of anilines is 1. The number of nitrogens with one attached hydrogen (secondary N) is 1. The number of nitrogens with zero attached hydrogens (tertiary/aromatic N) is 2. The molecule has 3 aliphatic heterocycles. The van der Waals surface area contributed by atoms with Gasteiger partial charge in [-0.05, 0) is 37.0 Å². The lowest BCUT2D eigenvalue weighted by Crippen LogP contribution is -2.49. The third kappa shape index (κ3) is 3.43. The van der Waals surface area contributed by atoms with Crippen LogP contribution in [0.15, 0.2) is 18.2 Å². The van der Waals surface area contributed by atoms with Crippen LogP contribution < -0.4 is 10.1 Å². The van der Waals surface area contributed by atoms with Crippen LogP contribution in [0.5, 0.6) is 5.75 Å². The van der Waals surface area contributed by atoms with E-state index in [1.807, 2.05) is 9.80 Å². The average molecular weight is 352 g/mol. The van der Waals surface area contributed by atoms with Gasteiger partial charge in [-0.1, -0.05) is 11.6 Å². The third-order valence-electron chi connectivity index (χ3n) is 4.82. The number of hydrogen-bond acceptors (Lipinski definition) is 3. The zero-order valence-electron chi connectivity index (χ0n) is 13.9. The Bertz CT molecular complexity index is 652. The van der Waals surface area contributed by atoms with Crippen molar-refractivity contribution in [1.29, 1.82) is 0 Å². The summed E-state index contributed by atoms with van der Waals surface area (Å²) in [5.41, 5.74) is 0.554. The second-order valence-electron chi connectivity index (χ2n) is 6.45. The van der Waals surface area contributed by atoms with Crippen molar-refractivity contribution in [3.05, 3.63) is 23.2 Å². The Morgan fingerprint density at radius 3 is 2.75 bits per heavy atom. The quantitative estimate of drug-likeness (QED) is 0.891. The fourth-order valence-electron chi connectivity index (χ4n) is 3.55. The zero-order valence-corrected chi connectivity index (χ0v) is 14.7. The Morgan fingerprint density at radius 2 is 2.04 bits per heavy atom. The number of methoxy groups -OCH3 is 1. The predicted molar refractivity (Wildman–Crippen MR) is 92.5 cm³/mol. The molecule has 2 atom stereocenters. The molecular weight excluding hydrogens is 330 g/mol. The lowest BCUT2D eigenvalue weighted by Gasteiger charge is -2.36. The van der Waals surface area contributed by atoms with Gasteiger partial charge in [0.25, 0.3) is 0 Å². The normalized spacial score (nSPS) is 23.0. The van der Waals surface area contributed by atoms with Gasteiger partial charge >= 0.3 is 6.03 Å². The average Bonchev–Trinajstić information content (AvgIpc) is 2.87. The first-order chi connectivity index (χ1) is 11.5. The van der Waals surface area contributed by atoms with Gasteiger partial charge in [-0.2, -0.15) is 0 Å². The highest BCUT2D eigenvalue weighted by Crippen LogP contribution is 2.31. The van der Waals surface area contributed by atoms with Crippen molar-refractivity contribution in [3.8, 4) is 5.75 Å². The molecule has 0 spiro atoms. The van der Waals surface area contributed by atoms with Gasteiger partial charge in [-0.25, -0.2) is 4.79 Å².